The van der Waals surface area contributed by atoms with E-state index in [9.17, 15) is 4.79 Å². The van der Waals surface area contributed by atoms with Crippen LogP contribution in [0.4, 0.5) is 0 Å². The van der Waals surface area contributed by atoms with Gasteiger partial charge in [0.15, 0.2) is 0 Å². The van der Waals surface area contributed by atoms with Crippen molar-refractivity contribution in [2.24, 2.45) is 0 Å². The van der Waals surface area contributed by atoms with Gasteiger partial charge in [-0.05, 0) is 54.5 Å². The molecule has 22 heavy (non-hydrogen) atoms. The smallest absolute Gasteiger partial charge is 0.236 e. The van der Waals surface area contributed by atoms with Crippen molar-refractivity contribution in [3.8, 4) is 29.4 Å². The van der Waals surface area contributed by atoms with E-state index < -0.39 is 0 Å². The summed E-state index contributed by atoms with van der Waals surface area (Å²) in [7, 11) is 1.58. The Labute approximate surface area is 130 Å². The molecule has 2 heteroatoms. The zero-order chi connectivity index (χ0) is 15.6. The third-order valence-corrected chi connectivity index (χ3v) is 2.78. The first-order chi connectivity index (χ1) is 10.8. The highest BCUT2D eigenvalue weighted by Crippen LogP contribution is 2.11. The molecule has 0 aliphatic rings. The van der Waals surface area contributed by atoms with Gasteiger partial charge in [-0.1, -0.05) is 36.0 Å². The van der Waals surface area contributed by atoms with Crippen LogP contribution in [0, 0.1) is 23.7 Å². The number of carbonyl (C=O) groups excluding carboxylic acids is 1. The molecule has 0 saturated carbocycles. The third kappa shape index (κ3) is 4.71. The zero-order valence-corrected chi connectivity index (χ0v) is 12.2. The van der Waals surface area contributed by atoms with Crippen LogP contribution < -0.4 is 4.74 Å². The number of benzene rings is 2. The number of ether oxygens (including phenoxy) is 1. The molecule has 2 aromatic rings. The maximum absolute atomic E-state index is 11.8. The summed E-state index contributed by atoms with van der Waals surface area (Å²) >= 11 is 0. The minimum Gasteiger partial charge on any atom is -0.497 e. The second-order valence-electron chi connectivity index (χ2n) is 4.30. The summed E-state index contributed by atoms with van der Waals surface area (Å²) in [4.78, 5) is 11.8. The van der Waals surface area contributed by atoms with Gasteiger partial charge in [0.2, 0.25) is 5.78 Å². The van der Waals surface area contributed by atoms with Crippen LogP contribution in [0.15, 0.2) is 66.7 Å². The van der Waals surface area contributed by atoms with E-state index in [1.165, 1.54) is 0 Å². The molecule has 0 aromatic heterocycles. The lowest BCUT2D eigenvalue weighted by molar-refractivity contribution is 0.105. The number of ketones is 1. The van der Waals surface area contributed by atoms with Crippen LogP contribution in [-0.2, 0) is 0 Å². The fraction of sp³-hybridized carbons (Fsp3) is 0.0500. The fourth-order valence-corrected chi connectivity index (χ4v) is 1.65. The summed E-state index contributed by atoms with van der Waals surface area (Å²) in [5.74, 6) is 11.6. The summed E-state index contributed by atoms with van der Waals surface area (Å²) in [6.07, 6.45) is 3.19. The molecule has 0 fully saturated rings. The van der Waals surface area contributed by atoms with Gasteiger partial charge >= 0.3 is 0 Å². The predicted octanol–water partition coefficient (Wildman–Crippen LogP) is 3.49. The summed E-state index contributed by atoms with van der Waals surface area (Å²) in [5, 5.41) is 0. The van der Waals surface area contributed by atoms with E-state index in [1.807, 2.05) is 30.3 Å². The van der Waals surface area contributed by atoms with Crippen LogP contribution >= 0.6 is 0 Å². The molecular weight excluding hydrogens is 272 g/mol. The van der Waals surface area contributed by atoms with Crippen molar-refractivity contribution in [2.45, 2.75) is 0 Å². The number of carbonyl (C=O) groups is 1. The number of hydrogen-bond donors (Lipinski definition) is 0. The van der Waals surface area contributed by atoms with Crippen LogP contribution in [0.1, 0.15) is 15.9 Å². The van der Waals surface area contributed by atoms with Crippen LogP contribution in [0.3, 0.4) is 0 Å². The van der Waals surface area contributed by atoms with Crippen molar-refractivity contribution in [2.75, 3.05) is 7.11 Å². The highest BCUT2D eigenvalue weighted by atomic mass is 16.5. The quantitative estimate of drug-likeness (QED) is 0.480. The molecule has 106 valence electrons. The molecule has 0 saturated heterocycles. The van der Waals surface area contributed by atoms with E-state index in [-0.39, 0.29) is 5.78 Å². The molecule has 0 N–H and O–H groups in total. The normalized spacial score (nSPS) is 9.32. The van der Waals surface area contributed by atoms with Gasteiger partial charge in [0.25, 0.3) is 0 Å². The molecule has 0 spiro atoms. The van der Waals surface area contributed by atoms with Gasteiger partial charge in [-0.15, -0.1) is 0 Å². The van der Waals surface area contributed by atoms with E-state index in [1.54, 1.807) is 43.5 Å². The molecule has 0 unspecified atom stereocenters. The van der Waals surface area contributed by atoms with Crippen LogP contribution in [0.2, 0.25) is 0 Å². The fourth-order valence-electron chi connectivity index (χ4n) is 1.65. The second kappa shape index (κ2) is 8.15. The Hall–Kier alpha value is -3.23. The Bertz CT molecular complexity index is 777. The number of Topliss-reactive ketones (excluding diaryl/α,β-unsaturated/α-hetero) is 1. The first kappa shape index (κ1) is 15.2. The van der Waals surface area contributed by atoms with Crippen molar-refractivity contribution in [1.82, 2.24) is 0 Å². The number of rotatable bonds is 2. The lowest BCUT2D eigenvalue weighted by Crippen LogP contribution is -1.94. The van der Waals surface area contributed by atoms with Crippen molar-refractivity contribution in [3.63, 3.8) is 0 Å². The molecule has 2 aromatic carbocycles. The maximum Gasteiger partial charge on any atom is 0.236 e. The molecule has 0 aliphatic heterocycles. The van der Waals surface area contributed by atoms with Gasteiger partial charge in [-0.2, -0.15) is 0 Å². The number of hydrogen-bond acceptors (Lipinski definition) is 2. The lowest BCUT2D eigenvalue weighted by atomic mass is 10.1. The molecule has 0 radical (unpaired) electrons. The first-order valence-electron chi connectivity index (χ1n) is 6.71. The minimum atomic E-state index is -0.233. The average molecular weight is 286 g/mol. The van der Waals surface area contributed by atoms with E-state index in [4.69, 9.17) is 4.74 Å². The van der Waals surface area contributed by atoms with Gasteiger partial charge in [-0.25, -0.2) is 0 Å². The Kier molecular flexibility index (Phi) is 5.61. The summed E-state index contributed by atoms with van der Waals surface area (Å²) in [6, 6.07) is 16.5. The average Bonchev–Trinajstić information content (AvgIpc) is 2.58. The lowest BCUT2D eigenvalue weighted by Gasteiger charge is -1.98. The van der Waals surface area contributed by atoms with E-state index in [0.29, 0.717) is 11.3 Å². The zero-order valence-electron chi connectivity index (χ0n) is 12.2. The monoisotopic (exact) mass is 286 g/mol. The molecule has 0 bridgehead atoms. The van der Waals surface area contributed by atoms with E-state index >= 15 is 0 Å². The molecule has 2 nitrogen and oxygen atoms in total. The summed E-state index contributed by atoms with van der Waals surface area (Å²) in [5.41, 5.74) is 1.48. The molecule has 0 heterocycles. The molecule has 0 amide bonds. The van der Waals surface area contributed by atoms with Crippen LogP contribution in [0.25, 0.3) is 0 Å². The standard InChI is InChI=1S/C20H14O2/c1-22-19-15-13-18(14-16-19)20(21)12-8-3-2-5-9-17-10-6-4-7-11-17/h2-4,6-7,10-11,13-16H,1H3/b3-2-. The van der Waals surface area contributed by atoms with Gasteiger partial charge in [0.05, 0.1) is 7.11 Å². The van der Waals surface area contributed by atoms with Crippen LogP contribution in [-0.4, -0.2) is 12.9 Å². The SMILES string of the molecule is COc1ccc(C(=O)C#C/C=C\C#Cc2ccccc2)cc1. The largest absolute Gasteiger partial charge is 0.497 e. The second-order valence-corrected chi connectivity index (χ2v) is 4.30. The van der Waals surface area contributed by atoms with E-state index in [0.717, 1.165) is 5.56 Å². The summed E-state index contributed by atoms with van der Waals surface area (Å²) in [6.45, 7) is 0. The Morgan fingerprint density at radius 2 is 1.64 bits per heavy atom. The summed E-state index contributed by atoms with van der Waals surface area (Å²) < 4.78 is 5.04. The molecule has 2 rings (SSSR count). The highest BCUT2D eigenvalue weighted by molar-refractivity contribution is 6.09. The van der Waals surface area contributed by atoms with Gasteiger partial charge in [-0.3, -0.25) is 4.79 Å². The predicted molar refractivity (Wildman–Crippen MR) is 87.6 cm³/mol. The molecule has 0 atom stereocenters. The Morgan fingerprint density at radius 3 is 2.32 bits per heavy atom. The Morgan fingerprint density at radius 1 is 0.955 bits per heavy atom. The van der Waals surface area contributed by atoms with E-state index in [2.05, 4.69) is 23.7 Å². The van der Waals surface area contributed by atoms with Crippen molar-refractivity contribution in [3.05, 3.63) is 77.9 Å². The van der Waals surface area contributed by atoms with Gasteiger partial charge in [0, 0.05) is 11.1 Å². The number of allylic oxidation sites excluding steroid dienone is 2. The first-order valence-corrected chi connectivity index (χ1v) is 6.71. The topological polar surface area (TPSA) is 26.3 Å². The van der Waals surface area contributed by atoms with Crippen LogP contribution in [0.5, 0.6) is 5.75 Å². The van der Waals surface area contributed by atoms with Gasteiger partial charge < -0.3 is 4.74 Å². The Balaban J connectivity index is 1.94. The highest BCUT2D eigenvalue weighted by Gasteiger charge is 2.00. The van der Waals surface area contributed by atoms with Crippen molar-refractivity contribution >= 4 is 5.78 Å². The van der Waals surface area contributed by atoms with Crippen molar-refractivity contribution in [1.29, 1.82) is 0 Å². The van der Waals surface area contributed by atoms with Crippen molar-refractivity contribution < 1.29 is 9.53 Å². The third-order valence-electron chi connectivity index (χ3n) is 2.78. The molecule has 0 aliphatic carbocycles. The number of methoxy groups -OCH3 is 1. The maximum atomic E-state index is 11.8. The van der Waals surface area contributed by atoms with Gasteiger partial charge in [0.1, 0.15) is 5.75 Å². The minimum absolute atomic E-state index is 0.233. The molecular formula is C20H14O2.